The van der Waals surface area contributed by atoms with Gasteiger partial charge in [-0.15, -0.1) is 0 Å². The van der Waals surface area contributed by atoms with Gasteiger partial charge in [-0.3, -0.25) is 9.59 Å². The SMILES string of the molecule is CC(C)(C)n1ncc(OCC(=O)c2ccc(Cl)cc2)c(Cl)c1=O. The van der Waals surface area contributed by atoms with Crippen LogP contribution in [0.3, 0.4) is 0 Å². The summed E-state index contributed by atoms with van der Waals surface area (Å²) in [4.78, 5) is 24.2. The lowest BCUT2D eigenvalue weighted by Crippen LogP contribution is -2.36. The predicted octanol–water partition coefficient (Wildman–Crippen LogP) is 3.57. The molecule has 0 spiro atoms. The first-order chi connectivity index (χ1) is 10.7. The van der Waals surface area contributed by atoms with Gasteiger partial charge in [0.15, 0.2) is 23.2 Å². The number of Topliss-reactive ketones (excluding diaryl/α,β-unsaturated/α-hetero) is 1. The van der Waals surface area contributed by atoms with Crippen LogP contribution in [-0.4, -0.2) is 22.2 Å². The van der Waals surface area contributed by atoms with Crippen molar-refractivity contribution < 1.29 is 9.53 Å². The van der Waals surface area contributed by atoms with E-state index in [1.165, 1.54) is 10.9 Å². The maximum absolute atomic E-state index is 12.2. The molecule has 0 bridgehead atoms. The molecular formula is C16H16Cl2N2O3. The van der Waals surface area contributed by atoms with Gasteiger partial charge in [0.25, 0.3) is 5.56 Å². The molecule has 0 unspecified atom stereocenters. The summed E-state index contributed by atoms with van der Waals surface area (Å²) < 4.78 is 6.61. The molecule has 0 aliphatic heterocycles. The summed E-state index contributed by atoms with van der Waals surface area (Å²) in [7, 11) is 0. The Bertz CT molecular complexity index is 777. The van der Waals surface area contributed by atoms with E-state index in [1.807, 2.05) is 20.8 Å². The largest absolute Gasteiger partial charge is 0.482 e. The Kier molecular flexibility index (Phi) is 5.12. The zero-order valence-corrected chi connectivity index (χ0v) is 14.5. The Balaban J connectivity index is 2.15. The number of rotatable bonds is 4. The number of ether oxygens (including phenoxy) is 1. The monoisotopic (exact) mass is 354 g/mol. The van der Waals surface area contributed by atoms with Gasteiger partial charge in [-0.05, 0) is 45.0 Å². The van der Waals surface area contributed by atoms with Crippen molar-refractivity contribution >= 4 is 29.0 Å². The van der Waals surface area contributed by atoms with E-state index in [0.29, 0.717) is 10.6 Å². The maximum atomic E-state index is 12.2. The van der Waals surface area contributed by atoms with E-state index in [9.17, 15) is 9.59 Å². The van der Waals surface area contributed by atoms with Crippen molar-refractivity contribution in [1.29, 1.82) is 0 Å². The van der Waals surface area contributed by atoms with Gasteiger partial charge in [0, 0.05) is 10.6 Å². The molecule has 0 N–H and O–H groups in total. The zero-order chi connectivity index (χ0) is 17.2. The number of hydrogen-bond acceptors (Lipinski definition) is 4. The van der Waals surface area contributed by atoms with Crippen LogP contribution in [0, 0.1) is 0 Å². The van der Waals surface area contributed by atoms with E-state index in [4.69, 9.17) is 27.9 Å². The standard InChI is InChI=1S/C16H16Cl2N2O3/c1-16(2,3)20-15(22)14(18)13(8-19-20)23-9-12(21)10-4-6-11(17)7-5-10/h4-8H,9H2,1-3H3. The van der Waals surface area contributed by atoms with Crippen molar-refractivity contribution in [2.24, 2.45) is 0 Å². The van der Waals surface area contributed by atoms with Gasteiger partial charge in [-0.2, -0.15) is 5.10 Å². The van der Waals surface area contributed by atoms with E-state index >= 15 is 0 Å². The van der Waals surface area contributed by atoms with Crippen LogP contribution in [0.25, 0.3) is 0 Å². The summed E-state index contributed by atoms with van der Waals surface area (Å²) >= 11 is 11.8. The van der Waals surface area contributed by atoms with Crippen LogP contribution in [-0.2, 0) is 5.54 Å². The summed E-state index contributed by atoms with van der Waals surface area (Å²) in [5.41, 5.74) is -0.504. The lowest BCUT2D eigenvalue weighted by Gasteiger charge is -2.21. The number of nitrogens with zero attached hydrogens (tertiary/aromatic N) is 2. The molecule has 7 heteroatoms. The minimum Gasteiger partial charge on any atom is -0.482 e. The number of carbonyl (C=O) groups excluding carboxylic acids is 1. The fourth-order valence-electron chi connectivity index (χ4n) is 1.86. The Morgan fingerprint density at radius 3 is 2.39 bits per heavy atom. The van der Waals surface area contributed by atoms with Gasteiger partial charge in [0.05, 0.1) is 11.7 Å². The summed E-state index contributed by atoms with van der Waals surface area (Å²) in [5.74, 6) is -0.169. The third-order valence-electron chi connectivity index (χ3n) is 3.05. The highest BCUT2D eigenvalue weighted by Crippen LogP contribution is 2.21. The average Bonchev–Trinajstić information content (AvgIpc) is 2.48. The van der Waals surface area contributed by atoms with Crippen LogP contribution in [0.15, 0.2) is 35.3 Å². The molecule has 0 saturated heterocycles. The molecule has 0 amide bonds. The van der Waals surface area contributed by atoms with Crippen molar-refractivity contribution in [2.75, 3.05) is 6.61 Å². The second kappa shape index (κ2) is 6.72. The van der Waals surface area contributed by atoms with E-state index < -0.39 is 11.1 Å². The van der Waals surface area contributed by atoms with E-state index in [-0.39, 0.29) is 23.2 Å². The smallest absolute Gasteiger partial charge is 0.289 e. The van der Waals surface area contributed by atoms with Crippen LogP contribution in [0.1, 0.15) is 31.1 Å². The number of halogens is 2. The third-order valence-corrected chi connectivity index (χ3v) is 3.65. The number of aromatic nitrogens is 2. The van der Waals surface area contributed by atoms with Crippen molar-refractivity contribution in [3.63, 3.8) is 0 Å². The second-order valence-electron chi connectivity index (χ2n) is 5.93. The number of ketones is 1. The molecule has 0 saturated carbocycles. The van der Waals surface area contributed by atoms with Gasteiger partial charge in [0.1, 0.15) is 0 Å². The van der Waals surface area contributed by atoms with Crippen molar-refractivity contribution in [2.45, 2.75) is 26.3 Å². The zero-order valence-electron chi connectivity index (χ0n) is 13.0. The fraction of sp³-hybridized carbons (Fsp3) is 0.312. The lowest BCUT2D eigenvalue weighted by molar-refractivity contribution is 0.0920. The first-order valence-electron chi connectivity index (χ1n) is 6.90. The average molecular weight is 355 g/mol. The van der Waals surface area contributed by atoms with Gasteiger partial charge >= 0.3 is 0 Å². The molecule has 0 aliphatic carbocycles. The normalized spacial score (nSPS) is 11.3. The fourth-order valence-corrected chi connectivity index (χ4v) is 2.17. The maximum Gasteiger partial charge on any atom is 0.289 e. The lowest BCUT2D eigenvalue weighted by atomic mass is 10.1. The van der Waals surface area contributed by atoms with Crippen LogP contribution in [0.4, 0.5) is 0 Å². The van der Waals surface area contributed by atoms with Gasteiger partial charge in [0.2, 0.25) is 0 Å². The molecule has 2 aromatic rings. The second-order valence-corrected chi connectivity index (χ2v) is 6.74. The molecule has 2 rings (SSSR count). The minimum absolute atomic E-state index is 0.0829. The van der Waals surface area contributed by atoms with E-state index in [1.54, 1.807) is 24.3 Å². The quantitative estimate of drug-likeness (QED) is 0.787. The molecule has 5 nitrogen and oxygen atoms in total. The number of carbonyl (C=O) groups is 1. The van der Waals surface area contributed by atoms with E-state index in [2.05, 4.69) is 5.10 Å². The Morgan fingerprint density at radius 1 is 1.22 bits per heavy atom. The molecule has 0 aliphatic rings. The third kappa shape index (κ3) is 4.12. The van der Waals surface area contributed by atoms with Crippen LogP contribution >= 0.6 is 23.2 Å². The van der Waals surface area contributed by atoms with Crippen LogP contribution in [0.5, 0.6) is 5.75 Å². The van der Waals surface area contributed by atoms with Crippen LogP contribution < -0.4 is 10.3 Å². The van der Waals surface area contributed by atoms with Crippen LogP contribution in [0.2, 0.25) is 10.0 Å². The summed E-state index contributed by atoms with van der Waals surface area (Å²) in [6.45, 7) is 5.26. The highest BCUT2D eigenvalue weighted by molar-refractivity contribution is 6.31. The van der Waals surface area contributed by atoms with Gasteiger partial charge < -0.3 is 4.74 Å². The summed E-state index contributed by atoms with van der Waals surface area (Å²) in [6, 6.07) is 6.44. The Morgan fingerprint density at radius 2 is 1.83 bits per heavy atom. The predicted molar refractivity (Wildman–Crippen MR) is 89.8 cm³/mol. The summed E-state index contributed by atoms with van der Waals surface area (Å²) in [5, 5.41) is 4.48. The molecule has 0 atom stereocenters. The molecule has 1 aromatic carbocycles. The number of hydrogen-bond donors (Lipinski definition) is 0. The molecule has 23 heavy (non-hydrogen) atoms. The van der Waals surface area contributed by atoms with Gasteiger partial charge in [-0.25, -0.2) is 4.68 Å². The van der Waals surface area contributed by atoms with E-state index in [0.717, 1.165) is 0 Å². The summed E-state index contributed by atoms with van der Waals surface area (Å²) in [6.07, 6.45) is 1.34. The molecule has 0 radical (unpaired) electrons. The molecule has 0 fully saturated rings. The minimum atomic E-state index is -0.502. The topological polar surface area (TPSA) is 61.2 Å². The molecular weight excluding hydrogens is 339 g/mol. The molecule has 1 heterocycles. The highest BCUT2D eigenvalue weighted by atomic mass is 35.5. The first kappa shape index (κ1) is 17.5. The van der Waals surface area contributed by atoms with Gasteiger partial charge in [-0.1, -0.05) is 23.2 Å². The molecule has 122 valence electrons. The van der Waals surface area contributed by atoms with Crippen molar-refractivity contribution in [1.82, 2.24) is 9.78 Å². The highest BCUT2D eigenvalue weighted by Gasteiger charge is 2.20. The molecule has 1 aromatic heterocycles. The number of benzene rings is 1. The Hall–Kier alpha value is -1.85. The van der Waals surface area contributed by atoms with Crippen molar-refractivity contribution in [3.05, 3.63) is 56.4 Å². The first-order valence-corrected chi connectivity index (χ1v) is 7.65. The Labute approximate surface area is 143 Å². The van der Waals surface area contributed by atoms with Crippen molar-refractivity contribution in [3.8, 4) is 5.75 Å².